The van der Waals surface area contributed by atoms with Crippen LogP contribution in [0.4, 0.5) is 5.69 Å². The number of anilines is 1. The number of sulfonamides is 1. The van der Waals surface area contributed by atoms with Crippen LogP contribution < -0.4 is 10.6 Å². The van der Waals surface area contributed by atoms with Gasteiger partial charge in [0.15, 0.2) is 0 Å². The fourth-order valence-corrected chi connectivity index (χ4v) is 2.94. The number of hydrogen-bond donors (Lipinski definition) is 1. The molecule has 104 valence electrons. The van der Waals surface area contributed by atoms with Gasteiger partial charge in [0, 0.05) is 37.4 Å². The second-order valence-corrected chi connectivity index (χ2v) is 6.54. The van der Waals surface area contributed by atoms with Gasteiger partial charge in [-0.05, 0) is 24.3 Å². The van der Waals surface area contributed by atoms with Gasteiger partial charge >= 0.3 is 0 Å². The number of nitrogens with zero attached hydrogens (tertiary/aromatic N) is 2. The molecule has 7 heteroatoms. The van der Waals surface area contributed by atoms with Crippen molar-refractivity contribution in [3.8, 4) is 0 Å². The van der Waals surface area contributed by atoms with Crippen molar-refractivity contribution in [2.75, 3.05) is 37.3 Å². The third-order valence-electron chi connectivity index (χ3n) is 3.22. The van der Waals surface area contributed by atoms with Crippen molar-refractivity contribution < 1.29 is 13.2 Å². The highest BCUT2D eigenvalue weighted by molar-refractivity contribution is 7.88. The maximum Gasteiger partial charge on any atom is 0.248 e. The third-order valence-corrected chi connectivity index (χ3v) is 4.53. The summed E-state index contributed by atoms with van der Waals surface area (Å²) < 4.78 is 24.3. The topological polar surface area (TPSA) is 83.7 Å². The van der Waals surface area contributed by atoms with Crippen molar-refractivity contribution in [1.29, 1.82) is 0 Å². The lowest BCUT2D eigenvalue weighted by Crippen LogP contribution is -2.48. The molecule has 1 aromatic rings. The standard InChI is InChI=1S/C12H17N3O3S/c1-19(17,18)15-8-6-14(7-9-15)11-4-2-10(3-5-11)12(13)16/h2-5H,6-9H2,1H3,(H2,13,16). The highest BCUT2D eigenvalue weighted by Gasteiger charge is 2.23. The summed E-state index contributed by atoms with van der Waals surface area (Å²) in [6.45, 7) is 2.25. The van der Waals surface area contributed by atoms with Crippen LogP contribution in [0.2, 0.25) is 0 Å². The number of hydrogen-bond acceptors (Lipinski definition) is 4. The van der Waals surface area contributed by atoms with E-state index >= 15 is 0 Å². The zero-order valence-electron chi connectivity index (χ0n) is 10.7. The van der Waals surface area contributed by atoms with E-state index in [2.05, 4.69) is 4.90 Å². The summed E-state index contributed by atoms with van der Waals surface area (Å²) in [6.07, 6.45) is 1.23. The number of benzene rings is 1. The lowest BCUT2D eigenvalue weighted by atomic mass is 10.2. The van der Waals surface area contributed by atoms with E-state index in [0.29, 0.717) is 31.7 Å². The van der Waals surface area contributed by atoms with E-state index in [4.69, 9.17) is 5.73 Å². The molecular weight excluding hydrogens is 266 g/mol. The predicted octanol–water partition coefficient (Wildman–Crippen LogP) is -0.133. The second-order valence-electron chi connectivity index (χ2n) is 4.56. The summed E-state index contributed by atoms with van der Waals surface area (Å²) in [5, 5.41) is 0. The Bertz CT molecular complexity index is 560. The molecule has 0 aromatic heterocycles. The lowest BCUT2D eigenvalue weighted by Gasteiger charge is -2.34. The van der Waals surface area contributed by atoms with Gasteiger partial charge in [0.25, 0.3) is 0 Å². The Kier molecular flexibility index (Phi) is 3.77. The normalized spacial score (nSPS) is 17.4. The monoisotopic (exact) mass is 283 g/mol. The van der Waals surface area contributed by atoms with Gasteiger partial charge in [-0.2, -0.15) is 4.31 Å². The highest BCUT2D eigenvalue weighted by Crippen LogP contribution is 2.18. The second kappa shape index (κ2) is 5.18. The molecule has 0 saturated carbocycles. The smallest absolute Gasteiger partial charge is 0.248 e. The minimum Gasteiger partial charge on any atom is -0.369 e. The van der Waals surface area contributed by atoms with Crippen LogP contribution in [0.15, 0.2) is 24.3 Å². The molecule has 0 aliphatic carbocycles. The van der Waals surface area contributed by atoms with Gasteiger partial charge < -0.3 is 10.6 Å². The van der Waals surface area contributed by atoms with Crippen LogP contribution in [0.3, 0.4) is 0 Å². The zero-order valence-corrected chi connectivity index (χ0v) is 11.6. The Hall–Kier alpha value is -1.60. The highest BCUT2D eigenvalue weighted by atomic mass is 32.2. The Morgan fingerprint density at radius 3 is 2.05 bits per heavy atom. The first kappa shape index (κ1) is 13.8. The van der Waals surface area contributed by atoms with Crippen molar-refractivity contribution in [1.82, 2.24) is 4.31 Å². The summed E-state index contributed by atoms with van der Waals surface area (Å²) in [5.41, 5.74) is 6.62. The van der Waals surface area contributed by atoms with Gasteiger partial charge in [0.1, 0.15) is 0 Å². The Balaban J connectivity index is 2.03. The molecule has 1 fully saturated rings. The molecule has 0 spiro atoms. The fourth-order valence-electron chi connectivity index (χ4n) is 2.11. The van der Waals surface area contributed by atoms with Gasteiger partial charge in [-0.3, -0.25) is 4.79 Å². The Labute approximate surface area is 112 Å². The van der Waals surface area contributed by atoms with E-state index in [1.165, 1.54) is 10.6 Å². The fraction of sp³-hybridized carbons (Fsp3) is 0.417. The summed E-state index contributed by atoms with van der Waals surface area (Å²) in [6, 6.07) is 7.02. The van der Waals surface area contributed by atoms with Crippen molar-refractivity contribution in [3.05, 3.63) is 29.8 Å². The van der Waals surface area contributed by atoms with Crippen LogP contribution in [-0.4, -0.2) is 51.1 Å². The van der Waals surface area contributed by atoms with E-state index in [0.717, 1.165) is 5.69 Å². The van der Waals surface area contributed by atoms with Crippen LogP contribution in [0, 0.1) is 0 Å². The first-order chi connectivity index (χ1) is 8.88. The first-order valence-corrected chi connectivity index (χ1v) is 7.83. The minimum atomic E-state index is -3.10. The summed E-state index contributed by atoms with van der Waals surface area (Å²) >= 11 is 0. The molecule has 19 heavy (non-hydrogen) atoms. The molecule has 0 radical (unpaired) electrons. The van der Waals surface area contributed by atoms with E-state index in [9.17, 15) is 13.2 Å². The van der Waals surface area contributed by atoms with Crippen LogP contribution in [0.1, 0.15) is 10.4 Å². The van der Waals surface area contributed by atoms with Crippen LogP contribution >= 0.6 is 0 Å². The van der Waals surface area contributed by atoms with Crippen molar-refractivity contribution >= 4 is 21.6 Å². The molecule has 1 aliphatic heterocycles. The van der Waals surface area contributed by atoms with Crippen LogP contribution in [0.5, 0.6) is 0 Å². The van der Waals surface area contributed by atoms with E-state index in [-0.39, 0.29) is 0 Å². The number of amides is 1. The molecular formula is C12H17N3O3S. The third kappa shape index (κ3) is 3.24. The maximum absolute atomic E-state index is 11.4. The van der Waals surface area contributed by atoms with Crippen molar-refractivity contribution in [2.24, 2.45) is 5.73 Å². The van der Waals surface area contributed by atoms with E-state index in [1.54, 1.807) is 12.1 Å². The van der Waals surface area contributed by atoms with Gasteiger partial charge in [0.05, 0.1) is 6.26 Å². The van der Waals surface area contributed by atoms with E-state index in [1.807, 2.05) is 12.1 Å². The summed E-state index contributed by atoms with van der Waals surface area (Å²) in [4.78, 5) is 13.1. The van der Waals surface area contributed by atoms with Gasteiger partial charge in [-0.25, -0.2) is 8.42 Å². The summed E-state index contributed by atoms with van der Waals surface area (Å²) in [5.74, 6) is -0.451. The average molecular weight is 283 g/mol. The predicted molar refractivity (Wildman–Crippen MR) is 73.6 cm³/mol. The number of carbonyl (C=O) groups excluding carboxylic acids is 1. The molecule has 0 atom stereocenters. The SMILES string of the molecule is CS(=O)(=O)N1CCN(c2ccc(C(N)=O)cc2)CC1. The molecule has 1 saturated heterocycles. The number of rotatable bonds is 3. The van der Waals surface area contributed by atoms with E-state index < -0.39 is 15.9 Å². The largest absolute Gasteiger partial charge is 0.369 e. The number of primary amides is 1. The zero-order chi connectivity index (χ0) is 14.0. The molecule has 2 rings (SSSR count). The van der Waals surface area contributed by atoms with Gasteiger partial charge in [-0.15, -0.1) is 0 Å². The summed E-state index contributed by atoms with van der Waals surface area (Å²) in [7, 11) is -3.10. The van der Waals surface area contributed by atoms with Gasteiger partial charge in [-0.1, -0.05) is 0 Å². The Morgan fingerprint density at radius 2 is 1.63 bits per heavy atom. The molecule has 1 aliphatic rings. The maximum atomic E-state index is 11.4. The number of piperazine rings is 1. The molecule has 1 heterocycles. The molecule has 1 amide bonds. The molecule has 2 N–H and O–H groups in total. The Morgan fingerprint density at radius 1 is 1.11 bits per heavy atom. The molecule has 1 aromatic carbocycles. The molecule has 0 bridgehead atoms. The quantitative estimate of drug-likeness (QED) is 0.837. The van der Waals surface area contributed by atoms with Crippen LogP contribution in [-0.2, 0) is 10.0 Å². The number of carbonyl (C=O) groups is 1. The van der Waals surface area contributed by atoms with Gasteiger partial charge in [0.2, 0.25) is 15.9 Å². The van der Waals surface area contributed by atoms with Crippen LogP contribution in [0.25, 0.3) is 0 Å². The molecule has 6 nitrogen and oxygen atoms in total. The van der Waals surface area contributed by atoms with Crippen molar-refractivity contribution in [3.63, 3.8) is 0 Å². The number of nitrogens with two attached hydrogens (primary N) is 1. The lowest BCUT2D eigenvalue weighted by molar-refractivity contribution is 0.100. The average Bonchev–Trinajstić information content (AvgIpc) is 2.38. The van der Waals surface area contributed by atoms with Crippen molar-refractivity contribution in [2.45, 2.75) is 0 Å². The minimum absolute atomic E-state index is 0.451. The first-order valence-electron chi connectivity index (χ1n) is 5.98. The molecule has 0 unspecified atom stereocenters.